The Hall–Kier alpha value is -1.85. The molecule has 0 bridgehead atoms. The van der Waals surface area contributed by atoms with E-state index < -0.39 is 0 Å². The second kappa shape index (κ2) is 8.31. The molecule has 1 aliphatic rings. The largest absolute Gasteiger partial charge is 0.393 e. The molecular formula is C19H24N2O2S. The lowest BCUT2D eigenvalue weighted by atomic mass is 9.93. The van der Waals surface area contributed by atoms with E-state index in [0.717, 1.165) is 37.0 Å². The summed E-state index contributed by atoms with van der Waals surface area (Å²) in [5, 5.41) is 17.8. The Morgan fingerprint density at radius 2 is 1.88 bits per heavy atom. The third-order valence-corrected chi connectivity index (χ3v) is 5.49. The van der Waals surface area contributed by atoms with E-state index >= 15 is 0 Å². The highest BCUT2D eigenvalue weighted by Gasteiger charge is 2.22. The van der Waals surface area contributed by atoms with Crippen LogP contribution in [0.2, 0.25) is 0 Å². The first-order valence-electron chi connectivity index (χ1n) is 8.53. The zero-order valence-corrected chi connectivity index (χ0v) is 14.5. The van der Waals surface area contributed by atoms with Gasteiger partial charge in [-0.2, -0.15) is 0 Å². The molecular weight excluding hydrogens is 320 g/mol. The number of nitrogens with one attached hydrogen (secondary N) is 2. The lowest BCUT2D eigenvalue weighted by molar-refractivity contribution is 0.117. The molecule has 3 N–H and O–H groups in total. The lowest BCUT2D eigenvalue weighted by Gasteiger charge is -2.27. The second-order valence-corrected chi connectivity index (χ2v) is 7.36. The standard InChI is InChI=1S/C19H24N2O2S/c22-16-10-8-15(9-11-16)20-19(23)21-17(18-7-4-12-24-18)13-14-5-2-1-3-6-14/h1-7,12,15-17,22H,8-11,13H2,(H2,20,21,23). The SMILES string of the molecule is O=C(NC1CCC(O)CC1)NC(Cc1ccccc1)c1cccs1. The van der Waals surface area contributed by atoms with Crippen molar-refractivity contribution in [2.75, 3.05) is 0 Å². The maximum atomic E-state index is 12.4. The van der Waals surface area contributed by atoms with E-state index in [4.69, 9.17) is 0 Å². The first kappa shape index (κ1) is 17.0. The summed E-state index contributed by atoms with van der Waals surface area (Å²) in [7, 11) is 0. The van der Waals surface area contributed by atoms with Crippen molar-refractivity contribution in [3.63, 3.8) is 0 Å². The molecule has 1 unspecified atom stereocenters. The zero-order valence-electron chi connectivity index (χ0n) is 13.7. The number of carbonyl (C=O) groups is 1. The van der Waals surface area contributed by atoms with Gasteiger partial charge in [-0.25, -0.2) is 4.79 Å². The van der Waals surface area contributed by atoms with Crippen molar-refractivity contribution in [2.45, 2.75) is 50.3 Å². The first-order chi connectivity index (χ1) is 11.7. The molecule has 3 rings (SSSR count). The average molecular weight is 344 g/mol. The van der Waals surface area contributed by atoms with E-state index in [1.54, 1.807) is 11.3 Å². The minimum atomic E-state index is -0.206. The molecule has 2 aromatic rings. The molecule has 128 valence electrons. The molecule has 24 heavy (non-hydrogen) atoms. The number of aliphatic hydroxyl groups is 1. The fourth-order valence-electron chi connectivity index (χ4n) is 3.17. The Balaban J connectivity index is 1.60. The van der Waals surface area contributed by atoms with Gasteiger partial charge in [-0.1, -0.05) is 36.4 Å². The fraction of sp³-hybridized carbons (Fsp3) is 0.421. The van der Waals surface area contributed by atoms with Crippen LogP contribution in [0.3, 0.4) is 0 Å². The highest BCUT2D eigenvalue weighted by molar-refractivity contribution is 7.10. The van der Waals surface area contributed by atoms with E-state index in [-0.39, 0.29) is 24.2 Å². The van der Waals surface area contributed by atoms with E-state index in [9.17, 15) is 9.90 Å². The topological polar surface area (TPSA) is 61.4 Å². The van der Waals surface area contributed by atoms with Crippen LogP contribution in [0.25, 0.3) is 0 Å². The number of hydrogen-bond acceptors (Lipinski definition) is 3. The van der Waals surface area contributed by atoms with Crippen molar-refractivity contribution in [3.05, 3.63) is 58.3 Å². The van der Waals surface area contributed by atoms with Crippen LogP contribution >= 0.6 is 11.3 Å². The Bertz CT molecular complexity index is 622. The van der Waals surface area contributed by atoms with E-state index in [0.29, 0.717) is 0 Å². The van der Waals surface area contributed by atoms with Gasteiger partial charge < -0.3 is 15.7 Å². The molecule has 1 aromatic heterocycles. The van der Waals surface area contributed by atoms with Gasteiger partial charge in [-0.05, 0) is 49.1 Å². The minimum absolute atomic E-state index is 0.0263. The molecule has 1 aromatic carbocycles. The summed E-state index contributed by atoms with van der Waals surface area (Å²) >= 11 is 1.66. The molecule has 1 saturated carbocycles. The summed E-state index contributed by atoms with van der Waals surface area (Å²) in [6.07, 6.45) is 3.79. The first-order valence-corrected chi connectivity index (χ1v) is 9.41. The Morgan fingerprint density at radius 3 is 2.54 bits per heavy atom. The molecule has 2 amide bonds. The number of amides is 2. The normalized spacial score (nSPS) is 21.9. The number of benzene rings is 1. The van der Waals surface area contributed by atoms with Crippen molar-refractivity contribution < 1.29 is 9.90 Å². The van der Waals surface area contributed by atoms with Crippen LogP contribution < -0.4 is 10.6 Å². The van der Waals surface area contributed by atoms with E-state index in [2.05, 4.69) is 28.8 Å². The van der Waals surface area contributed by atoms with Gasteiger partial charge in [0.25, 0.3) is 0 Å². The van der Waals surface area contributed by atoms with Crippen LogP contribution in [-0.2, 0) is 6.42 Å². The molecule has 0 spiro atoms. The van der Waals surface area contributed by atoms with Crippen LogP contribution in [0.15, 0.2) is 47.8 Å². The van der Waals surface area contributed by atoms with Gasteiger partial charge in [0.2, 0.25) is 0 Å². The highest BCUT2D eigenvalue weighted by atomic mass is 32.1. The van der Waals surface area contributed by atoms with Gasteiger partial charge in [0, 0.05) is 10.9 Å². The molecule has 5 heteroatoms. The molecule has 4 nitrogen and oxygen atoms in total. The number of carbonyl (C=O) groups excluding carboxylic acids is 1. The molecule has 0 radical (unpaired) electrons. The van der Waals surface area contributed by atoms with Crippen molar-refractivity contribution in [2.24, 2.45) is 0 Å². The maximum Gasteiger partial charge on any atom is 0.315 e. The van der Waals surface area contributed by atoms with Crippen LogP contribution in [0.5, 0.6) is 0 Å². The quantitative estimate of drug-likeness (QED) is 0.775. The molecule has 1 heterocycles. The summed E-state index contributed by atoms with van der Waals surface area (Å²) in [5.74, 6) is 0. The predicted octanol–water partition coefficient (Wildman–Crippen LogP) is 3.63. The number of aliphatic hydroxyl groups excluding tert-OH is 1. The zero-order chi connectivity index (χ0) is 16.8. The maximum absolute atomic E-state index is 12.4. The van der Waals surface area contributed by atoms with Crippen molar-refractivity contribution >= 4 is 17.4 Å². The summed E-state index contributed by atoms with van der Waals surface area (Å²) in [5.41, 5.74) is 1.21. The van der Waals surface area contributed by atoms with Gasteiger partial charge in [-0.15, -0.1) is 11.3 Å². The summed E-state index contributed by atoms with van der Waals surface area (Å²) in [6, 6.07) is 14.3. The van der Waals surface area contributed by atoms with Gasteiger partial charge in [-0.3, -0.25) is 0 Å². The predicted molar refractivity (Wildman–Crippen MR) is 97.1 cm³/mol. The Kier molecular flexibility index (Phi) is 5.88. The summed E-state index contributed by atoms with van der Waals surface area (Å²) < 4.78 is 0. The lowest BCUT2D eigenvalue weighted by Crippen LogP contribution is -2.45. The van der Waals surface area contributed by atoms with Crippen LogP contribution in [0, 0.1) is 0 Å². The van der Waals surface area contributed by atoms with Gasteiger partial charge in [0.1, 0.15) is 0 Å². The molecule has 1 aliphatic carbocycles. The smallest absolute Gasteiger partial charge is 0.315 e. The van der Waals surface area contributed by atoms with E-state index in [1.807, 2.05) is 29.6 Å². The van der Waals surface area contributed by atoms with Crippen molar-refractivity contribution in [3.8, 4) is 0 Å². The Morgan fingerprint density at radius 1 is 1.12 bits per heavy atom. The van der Waals surface area contributed by atoms with Gasteiger partial charge >= 0.3 is 6.03 Å². The number of thiophene rings is 1. The van der Waals surface area contributed by atoms with Gasteiger partial charge in [0.15, 0.2) is 0 Å². The van der Waals surface area contributed by atoms with Crippen LogP contribution in [0.4, 0.5) is 4.79 Å². The van der Waals surface area contributed by atoms with Crippen LogP contribution in [0.1, 0.15) is 42.2 Å². The number of urea groups is 1. The second-order valence-electron chi connectivity index (χ2n) is 6.38. The van der Waals surface area contributed by atoms with E-state index in [1.165, 1.54) is 5.56 Å². The van der Waals surface area contributed by atoms with Crippen LogP contribution in [-0.4, -0.2) is 23.3 Å². The van der Waals surface area contributed by atoms with Gasteiger partial charge in [0.05, 0.1) is 12.1 Å². The van der Waals surface area contributed by atoms with Crippen molar-refractivity contribution in [1.82, 2.24) is 10.6 Å². The monoisotopic (exact) mass is 344 g/mol. The average Bonchev–Trinajstić information content (AvgIpc) is 3.12. The minimum Gasteiger partial charge on any atom is -0.393 e. The number of hydrogen-bond donors (Lipinski definition) is 3. The highest BCUT2D eigenvalue weighted by Crippen LogP contribution is 2.23. The molecule has 0 aliphatic heterocycles. The Labute approximate surface area is 146 Å². The molecule has 1 fully saturated rings. The summed E-state index contributed by atoms with van der Waals surface area (Å²) in [6.45, 7) is 0. The third kappa shape index (κ3) is 4.82. The molecule has 0 saturated heterocycles. The fourth-order valence-corrected chi connectivity index (χ4v) is 3.95. The summed E-state index contributed by atoms with van der Waals surface area (Å²) in [4.78, 5) is 13.6. The van der Waals surface area contributed by atoms with Crippen molar-refractivity contribution in [1.29, 1.82) is 0 Å². The number of rotatable bonds is 5. The molecule has 1 atom stereocenters. The third-order valence-electron chi connectivity index (χ3n) is 4.51.